The van der Waals surface area contributed by atoms with Gasteiger partial charge in [0.05, 0.1) is 12.7 Å². The number of ketones is 1. The van der Waals surface area contributed by atoms with Crippen LogP contribution in [0.1, 0.15) is 135 Å². The highest BCUT2D eigenvalue weighted by Crippen LogP contribution is 2.25. The van der Waals surface area contributed by atoms with Gasteiger partial charge in [-0.3, -0.25) is 0 Å². The van der Waals surface area contributed by atoms with Gasteiger partial charge in [-0.1, -0.05) is 17.6 Å². The third-order valence-electron chi connectivity index (χ3n) is 17.8. The Bertz CT molecular complexity index is 1990. The molecule has 35 nitrogen and oxygen atoms in total. The molecule has 0 aliphatic carbocycles. The van der Waals surface area contributed by atoms with Crippen LogP contribution in [0.25, 0.3) is 10.4 Å². The zero-order valence-corrected chi connectivity index (χ0v) is 86.4. The fraction of sp³-hybridized carbons (Fsp3) is 0.929. The first-order valence-corrected chi connectivity index (χ1v) is 56.4. The van der Waals surface area contributed by atoms with E-state index in [1.54, 1.807) is 206 Å². The van der Waals surface area contributed by atoms with E-state index in [2.05, 4.69) is 22.5 Å². The SMILES string of the molecule is C#CCCC[Si](OC)(OC)OC.C=CCCC[Si](OC)(OC)OC.COCCCC[Si](OC)(OC)OC.CO[Si](CCCCC(C)=O)(OC)OC.CO[Si](CCCCC1CO1)(OC)OC.CO[Si](CCCCCl)(OC)OC.CO[Si](CCCCN)(OC)OC.CO[Si](CCCCN=[N+]=[N-])(OC)OC.CO[Si](CCCCO)(OC)OC. The monoisotopic (exact) mass is 1840 g/mol. The zero-order chi connectivity index (χ0) is 89.7. The van der Waals surface area contributed by atoms with E-state index in [4.69, 9.17) is 163 Å². The van der Waals surface area contributed by atoms with Crippen molar-refractivity contribution >= 4 is 96.6 Å². The van der Waals surface area contributed by atoms with Crippen LogP contribution in [-0.4, -0.2) is 334 Å². The molecule has 1 saturated heterocycles. The number of aliphatic hydroxyl groups is 1. The summed E-state index contributed by atoms with van der Waals surface area (Å²) < 4.78 is 152. The molecule has 115 heavy (non-hydrogen) atoms. The topological polar surface area (TPSA) is 383 Å². The molecule has 1 aliphatic heterocycles. The molecule has 0 bridgehead atoms. The molecule has 1 atom stereocenters. The summed E-state index contributed by atoms with van der Waals surface area (Å²) in [7, 11) is 24.3. The van der Waals surface area contributed by atoms with Crippen LogP contribution < -0.4 is 5.73 Å². The summed E-state index contributed by atoms with van der Waals surface area (Å²) in [5.41, 5.74) is 13.4. The summed E-state index contributed by atoms with van der Waals surface area (Å²) in [4.78, 5) is 13.4. The number of rotatable bonds is 66. The normalized spacial score (nSPS) is 12.8. The molecule has 1 rings (SSSR count). The average Bonchev–Trinajstić information content (AvgIpc) is 1.76. The van der Waals surface area contributed by atoms with E-state index < -0.39 is 79.2 Å². The Balaban J connectivity index is -0.000000187. The van der Waals surface area contributed by atoms with E-state index >= 15 is 0 Å². The predicted octanol–water partition coefficient (Wildman–Crippen LogP) is 12.5. The van der Waals surface area contributed by atoms with Gasteiger partial charge in [0.15, 0.2) is 0 Å². The fourth-order valence-corrected chi connectivity index (χ4v) is 26.3. The molecular formula is C70H165ClN4O31Si9. The van der Waals surface area contributed by atoms with Crippen molar-refractivity contribution in [1.82, 2.24) is 0 Å². The van der Waals surface area contributed by atoms with Crippen LogP contribution in [0.2, 0.25) is 54.4 Å². The minimum Gasteiger partial charge on any atom is -0.396 e. The van der Waals surface area contributed by atoms with Crippen LogP contribution in [0, 0.1) is 12.3 Å². The van der Waals surface area contributed by atoms with Crippen LogP contribution >= 0.6 is 11.6 Å². The summed E-state index contributed by atoms with van der Waals surface area (Å²) in [5, 5.41) is 12.0. The van der Waals surface area contributed by atoms with Crippen molar-refractivity contribution < 1.29 is 139 Å². The summed E-state index contributed by atoms with van der Waals surface area (Å²) in [5.74, 6) is 3.48. The van der Waals surface area contributed by atoms with Crippen molar-refractivity contribution in [2.24, 2.45) is 10.8 Å². The van der Waals surface area contributed by atoms with Gasteiger partial charge in [-0.2, -0.15) is 0 Å². The Morgan fingerprint density at radius 1 is 0.435 bits per heavy atom. The number of azide groups is 1. The maximum atomic E-state index is 10.7. The summed E-state index contributed by atoms with van der Waals surface area (Å²) in [6, 6.07) is 7.32. The minimum absolute atomic E-state index is 0.210. The quantitative estimate of drug-likeness (QED) is 0.00657. The highest BCUT2D eigenvalue weighted by atomic mass is 35.5. The largest absolute Gasteiger partial charge is 0.500 e. The number of nitrogens with zero attached hydrogens (tertiary/aromatic N) is 3. The molecule has 1 aliphatic rings. The fourth-order valence-electron chi connectivity index (χ4n) is 10.1. The van der Waals surface area contributed by atoms with Gasteiger partial charge in [0.25, 0.3) is 0 Å². The number of aliphatic hydroxyl groups excluding tert-OH is 1. The molecule has 0 radical (unpaired) electrons. The molecule has 0 aromatic carbocycles. The number of nitrogens with two attached hydrogens (primary N) is 1. The van der Waals surface area contributed by atoms with E-state index in [1.165, 1.54) is 0 Å². The Morgan fingerprint density at radius 2 is 0.696 bits per heavy atom. The van der Waals surface area contributed by atoms with Gasteiger partial charge in [0.2, 0.25) is 0 Å². The van der Waals surface area contributed by atoms with Crippen LogP contribution in [0.5, 0.6) is 0 Å². The first kappa shape index (κ1) is 130. The number of allylic oxidation sites excluding steroid dienone is 1. The van der Waals surface area contributed by atoms with E-state index in [9.17, 15) is 4.79 Å². The smallest absolute Gasteiger partial charge is 0.396 e. The molecule has 0 aromatic heterocycles. The maximum absolute atomic E-state index is 10.7. The van der Waals surface area contributed by atoms with Gasteiger partial charge in [-0.15, -0.1) is 30.5 Å². The molecule has 1 fully saturated rings. The number of halogens is 1. The number of unbranched alkanes of at least 4 members (excludes halogenated alkanes) is 9. The third-order valence-corrected chi connectivity index (χ3v) is 43.6. The molecule has 0 amide bonds. The van der Waals surface area contributed by atoms with Gasteiger partial charge in [0.1, 0.15) is 5.78 Å². The van der Waals surface area contributed by atoms with Crippen molar-refractivity contribution in [2.75, 3.05) is 238 Å². The number of terminal acetylenes is 1. The number of hydrogen-bond acceptors (Lipinski definition) is 33. The summed E-state index contributed by atoms with van der Waals surface area (Å²) >= 11 is 5.55. The standard InChI is InChI=1S/2C9H20O4Si.C8H20O4Si.C8H18O3Si.C8H16O3Si.C7H17ClO3Si.C7H17N3O3Si.C7H19NO3Si.C7H18O4Si/c1-10-14(11-2,12-3)7-5-4-6-9-8-13-9;1-9(10)7-5-6-8-14(11-2,12-3)13-4;1-9-7-5-6-8-13(10-2,11-3)12-4;2*1-5-6-7-8-12(9-2,10-3)11-4;1-9-12(10-2,11-3)7-5-4-6-8;1-11-14(12-2,13-3)7-5-4-6-9-10-8;2*1-9-12(10-2,11-3)7-5-4-6-8/h9H,4-8H2,1-3H3;5-8H2,1-4H3;5-8H2,1-4H3;5H,1,6-8H2,2-4H3;1H,6-8H2,2-4H3;4-7H2,1-3H3;4-7H2,1-3H3;4-8H2,1-3H3;8H,4-7H2,1-3H3. The van der Waals surface area contributed by atoms with Crippen molar-refractivity contribution in [2.45, 2.75) is 196 Å². The zero-order valence-electron chi connectivity index (χ0n) is 76.7. The number of alkyl halides is 1. The number of epoxide rings is 1. The lowest BCUT2D eigenvalue weighted by molar-refractivity contribution is -0.117. The second-order valence-corrected chi connectivity index (χ2v) is 52.6. The van der Waals surface area contributed by atoms with E-state index in [0.29, 0.717) is 31.5 Å². The molecule has 0 aromatic rings. The number of Topliss-reactive ketones (excluding diaryl/α,β-unsaturated/α-hetero) is 1. The van der Waals surface area contributed by atoms with Gasteiger partial charge >= 0.3 is 79.2 Å². The first-order valence-electron chi connectivity index (χ1n) is 38.5. The summed E-state index contributed by atoms with van der Waals surface area (Å²) in [6.45, 7) is 8.41. The maximum Gasteiger partial charge on any atom is 0.500 e. The lowest BCUT2D eigenvalue weighted by atomic mass is 10.2. The van der Waals surface area contributed by atoms with Crippen molar-refractivity contribution in [3.8, 4) is 12.3 Å². The predicted molar refractivity (Wildman–Crippen MR) is 469 cm³/mol. The Labute approximate surface area is 711 Å². The Kier molecular flexibility index (Phi) is 99.5. The second-order valence-electron chi connectivity index (χ2n) is 24.4. The second kappa shape index (κ2) is 88.2. The van der Waals surface area contributed by atoms with E-state index in [-0.39, 0.29) is 12.4 Å². The minimum atomic E-state index is -2.41. The molecule has 45 heteroatoms. The lowest BCUT2D eigenvalue weighted by Gasteiger charge is -2.24. The van der Waals surface area contributed by atoms with E-state index in [0.717, 1.165) is 190 Å². The number of ether oxygens (including phenoxy) is 2. The van der Waals surface area contributed by atoms with Gasteiger partial charge in [-0.25, -0.2) is 0 Å². The lowest BCUT2D eigenvalue weighted by Crippen LogP contribution is -2.42. The highest BCUT2D eigenvalue weighted by Gasteiger charge is 2.43. The van der Waals surface area contributed by atoms with Crippen molar-refractivity contribution in [1.29, 1.82) is 0 Å². The van der Waals surface area contributed by atoms with Crippen LogP contribution in [0.4, 0.5) is 0 Å². The van der Waals surface area contributed by atoms with Gasteiger partial charge in [-0.05, 0) is 128 Å². The molecular weight excluding hydrogens is 1680 g/mol. The number of carbonyl (C=O) groups excluding carboxylic acids is 1. The molecule has 1 heterocycles. The number of hydrogen-bond donors (Lipinski definition) is 2. The number of carbonyl (C=O) groups is 1. The van der Waals surface area contributed by atoms with Crippen molar-refractivity contribution in [3.63, 3.8) is 0 Å². The third kappa shape index (κ3) is 67.4. The Morgan fingerprint density at radius 3 is 0.939 bits per heavy atom. The van der Waals surface area contributed by atoms with Crippen molar-refractivity contribution in [3.05, 3.63) is 23.1 Å². The molecule has 694 valence electrons. The van der Waals surface area contributed by atoms with Crippen LogP contribution in [-0.2, 0) is 134 Å². The number of methoxy groups -OCH3 is 1. The average molecular weight is 1850 g/mol. The molecule has 1 unspecified atom stereocenters. The Hall–Kier alpha value is -0.718. The molecule has 0 spiro atoms. The van der Waals surface area contributed by atoms with Crippen LogP contribution in [0.15, 0.2) is 17.8 Å². The highest BCUT2D eigenvalue weighted by molar-refractivity contribution is 6.63. The van der Waals surface area contributed by atoms with E-state index in [1.807, 2.05) is 6.08 Å². The summed E-state index contributed by atoms with van der Waals surface area (Å²) in [6.07, 6.45) is 26.3. The molecule has 3 N–H and O–H groups in total. The van der Waals surface area contributed by atoms with Gasteiger partial charge in [0, 0.05) is 297 Å². The van der Waals surface area contributed by atoms with Crippen LogP contribution in [0.3, 0.4) is 0 Å². The first-order chi connectivity index (χ1) is 55.1. The molecule has 0 saturated carbocycles. The van der Waals surface area contributed by atoms with Gasteiger partial charge < -0.3 is 145 Å².